The van der Waals surface area contributed by atoms with Crippen molar-refractivity contribution in [2.75, 3.05) is 13.1 Å². The number of nitrogens with zero attached hydrogens (tertiary/aromatic N) is 7. The van der Waals surface area contributed by atoms with E-state index in [1.807, 2.05) is 60.1 Å². The topological polar surface area (TPSA) is 81.7 Å². The molecule has 1 amide bonds. The Bertz CT molecular complexity index is 909. The van der Waals surface area contributed by atoms with Gasteiger partial charge >= 0.3 is 0 Å². The lowest BCUT2D eigenvalue weighted by Crippen LogP contribution is -2.42. The lowest BCUT2D eigenvalue weighted by atomic mass is 9.93. The SMILES string of the molecule is CC(C(=O)N1CCC(c2ccnn2C)CC1)n1nnc(-c2ccccc2)n1. The fraction of sp³-hybridized carbons (Fsp3) is 0.421. The molecule has 1 unspecified atom stereocenters. The largest absolute Gasteiger partial charge is 0.341 e. The van der Waals surface area contributed by atoms with Crippen LogP contribution in [0.5, 0.6) is 0 Å². The van der Waals surface area contributed by atoms with E-state index in [-0.39, 0.29) is 5.91 Å². The number of carbonyl (C=O) groups excluding carboxylic acids is 1. The fourth-order valence-corrected chi connectivity index (χ4v) is 3.64. The second kappa shape index (κ2) is 7.30. The highest BCUT2D eigenvalue weighted by atomic mass is 16.2. The van der Waals surface area contributed by atoms with Gasteiger partial charge in [0.15, 0.2) is 0 Å². The van der Waals surface area contributed by atoms with E-state index >= 15 is 0 Å². The minimum atomic E-state index is -0.469. The van der Waals surface area contributed by atoms with Crippen molar-refractivity contribution >= 4 is 5.91 Å². The van der Waals surface area contributed by atoms with E-state index in [4.69, 9.17) is 0 Å². The zero-order valence-electron chi connectivity index (χ0n) is 15.6. The predicted octanol–water partition coefficient (Wildman–Crippen LogP) is 2.04. The van der Waals surface area contributed by atoms with Gasteiger partial charge in [-0.15, -0.1) is 10.2 Å². The average molecular weight is 365 g/mol. The van der Waals surface area contributed by atoms with Crippen LogP contribution in [0.3, 0.4) is 0 Å². The van der Waals surface area contributed by atoms with Gasteiger partial charge in [-0.1, -0.05) is 30.3 Å². The molecule has 8 heteroatoms. The summed E-state index contributed by atoms with van der Waals surface area (Å²) in [6.45, 7) is 3.30. The van der Waals surface area contributed by atoms with Crippen molar-refractivity contribution in [1.82, 2.24) is 34.9 Å². The zero-order chi connectivity index (χ0) is 18.8. The molecule has 2 aromatic heterocycles. The van der Waals surface area contributed by atoms with Crippen molar-refractivity contribution in [1.29, 1.82) is 0 Å². The van der Waals surface area contributed by atoms with E-state index in [2.05, 4.69) is 26.6 Å². The van der Waals surface area contributed by atoms with Crippen molar-refractivity contribution < 1.29 is 4.79 Å². The molecule has 3 aromatic rings. The highest BCUT2D eigenvalue weighted by Gasteiger charge is 2.29. The summed E-state index contributed by atoms with van der Waals surface area (Å²) >= 11 is 0. The highest BCUT2D eigenvalue weighted by Crippen LogP contribution is 2.28. The maximum atomic E-state index is 12.9. The quantitative estimate of drug-likeness (QED) is 0.707. The Morgan fingerprint density at radius 2 is 1.89 bits per heavy atom. The Morgan fingerprint density at radius 1 is 1.15 bits per heavy atom. The zero-order valence-corrected chi connectivity index (χ0v) is 15.6. The molecule has 0 saturated carbocycles. The molecule has 1 aliphatic heterocycles. The standard InChI is InChI=1S/C19H23N7O/c1-14(26-22-18(21-23-26)16-6-4-3-5-7-16)19(27)25-12-9-15(10-13-25)17-8-11-20-24(17)2/h3-8,11,14-15H,9-10,12-13H2,1-2H3. The molecule has 1 aromatic carbocycles. The molecule has 1 fully saturated rings. The first-order chi connectivity index (χ1) is 13.1. The van der Waals surface area contributed by atoms with Gasteiger partial charge in [-0.3, -0.25) is 9.48 Å². The number of aryl methyl sites for hydroxylation is 1. The van der Waals surface area contributed by atoms with E-state index in [0.29, 0.717) is 11.7 Å². The van der Waals surface area contributed by atoms with Gasteiger partial charge in [0.2, 0.25) is 11.7 Å². The minimum Gasteiger partial charge on any atom is -0.341 e. The molecular formula is C19H23N7O. The third-order valence-electron chi connectivity index (χ3n) is 5.25. The molecule has 3 heterocycles. The summed E-state index contributed by atoms with van der Waals surface area (Å²) in [6, 6.07) is 11.2. The molecule has 8 nitrogen and oxygen atoms in total. The first-order valence-electron chi connectivity index (χ1n) is 9.25. The van der Waals surface area contributed by atoms with Crippen LogP contribution in [0.15, 0.2) is 42.6 Å². The molecule has 0 N–H and O–H groups in total. The Balaban J connectivity index is 1.40. The summed E-state index contributed by atoms with van der Waals surface area (Å²) < 4.78 is 1.93. The van der Waals surface area contributed by atoms with Crippen LogP contribution in [0.4, 0.5) is 0 Å². The summed E-state index contributed by atoms with van der Waals surface area (Å²) in [4.78, 5) is 16.2. The molecule has 140 valence electrons. The van der Waals surface area contributed by atoms with Crippen LogP contribution in [-0.2, 0) is 11.8 Å². The smallest absolute Gasteiger partial charge is 0.249 e. The number of aromatic nitrogens is 6. The van der Waals surface area contributed by atoms with Gasteiger partial charge in [0.05, 0.1) is 0 Å². The fourth-order valence-electron chi connectivity index (χ4n) is 3.64. The first kappa shape index (κ1) is 17.4. The maximum Gasteiger partial charge on any atom is 0.249 e. The van der Waals surface area contributed by atoms with Gasteiger partial charge in [-0.2, -0.15) is 9.90 Å². The van der Waals surface area contributed by atoms with Gasteiger partial charge < -0.3 is 4.90 Å². The van der Waals surface area contributed by atoms with E-state index in [9.17, 15) is 4.79 Å². The van der Waals surface area contributed by atoms with Crippen LogP contribution < -0.4 is 0 Å². The van der Waals surface area contributed by atoms with Crippen LogP contribution in [0.25, 0.3) is 11.4 Å². The number of tetrazole rings is 1. The predicted molar refractivity (Wildman–Crippen MR) is 99.7 cm³/mol. The first-order valence-corrected chi connectivity index (χ1v) is 9.25. The van der Waals surface area contributed by atoms with Gasteiger partial charge in [-0.05, 0) is 31.0 Å². The van der Waals surface area contributed by atoms with Crippen LogP contribution in [-0.4, -0.2) is 53.9 Å². The van der Waals surface area contributed by atoms with Gasteiger partial charge in [-0.25, -0.2) is 0 Å². The van der Waals surface area contributed by atoms with Crippen molar-refractivity contribution in [2.24, 2.45) is 7.05 Å². The van der Waals surface area contributed by atoms with Crippen molar-refractivity contribution in [2.45, 2.75) is 31.7 Å². The third-order valence-corrected chi connectivity index (χ3v) is 5.25. The lowest BCUT2D eigenvalue weighted by molar-refractivity contribution is -0.136. The van der Waals surface area contributed by atoms with E-state index in [0.717, 1.165) is 31.5 Å². The molecule has 0 spiro atoms. The summed E-state index contributed by atoms with van der Waals surface area (Å²) in [5.41, 5.74) is 2.13. The van der Waals surface area contributed by atoms with E-state index < -0.39 is 6.04 Å². The highest BCUT2D eigenvalue weighted by molar-refractivity contribution is 5.80. The maximum absolute atomic E-state index is 12.9. The van der Waals surface area contributed by atoms with Crippen LogP contribution in [0.1, 0.15) is 37.4 Å². The molecule has 4 rings (SSSR count). The Labute approximate surface area is 157 Å². The summed E-state index contributed by atoms with van der Waals surface area (Å²) in [5, 5.41) is 16.8. The Morgan fingerprint density at radius 3 is 2.56 bits per heavy atom. The van der Waals surface area contributed by atoms with Crippen LogP contribution in [0, 0.1) is 0 Å². The van der Waals surface area contributed by atoms with Crippen molar-refractivity contribution in [3.63, 3.8) is 0 Å². The number of likely N-dealkylation sites (tertiary alicyclic amines) is 1. The Hall–Kier alpha value is -3.03. The summed E-state index contributed by atoms with van der Waals surface area (Å²) in [6.07, 6.45) is 3.71. The monoisotopic (exact) mass is 365 g/mol. The van der Waals surface area contributed by atoms with E-state index in [1.54, 1.807) is 0 Å². The number of piperidine rings is 1. The minimum absolute atomic E-state index is 0.0375. The molecule has 0 radical (unpaired) electrons. The van der Waals surface area contributed by atoms with Gasteiger partial charge in [0, 0.05) is 43.5 Å². The molecule has 0 bridgehead atoms. The third kappa shape index (κ3) is 3.47. The normalized spacial score (nSPS) is 16.4. The number of rotatable bonds is 4. The molecule has 1 atom stereocenters. The van der Waals surface area contributed by atoms with Crippen LogP contribution in [0.2, 0.25) is 0 Å². The van der Waals surface area contributed by atoms with Crippen molar-refractivity contribution in [3.05, 3.63) is 48.3 Å². The lowest BCUT2D eigenvalue weighted by Gasteiger charge is -2.33. The van der Waals surface area contributed by atoms with Crippen molar-refractivity contribution in [3.8, 4) is 11.4 Å². The van der Waals surface area contributed by atoms with E-state index in [1.165, 1.54) is 10.5 Å². The summed E-state index contributed by atoms with van der Waals surface area (Å²) in [7, 11) is 1.97. The second-order valence-corrected chi connectivity index (χ2v) is 6.95. The number of carbonyl (C=O) groups is 1. The average Bonchev–Trinajstić information content (AvgIpc) is 3.37. The van der Waals surface area contributed by atoms with Gasteiger partial charge in [0.25, 0.3) is 0 Å². The number of benzene rings is 1. The summed E-state index contributed by atoms with van der Waals surface area (Å²) in [5.74, 6) is 1.02. The second-order valence-electron chi connectivity index (χ2n) is 6.95. The number of amides is 1. The molecule has 27 heavy (non-hydrogen) atoms. The molecular weight excluding hydrogens is 342 g/mol. The number of hydrogen-bond acceptors (Lipinski definition) is 5. The van der Waals surface area contributed by atoms with Gasteiger partial charge in [0.1, 0.15) is 6.04 Å². The number of hydrogen-bond donors (Lipinski definition) is 0. The Kier molecular flexibility index (Phi) is 4.70. The molecule has 0 aliphatic carbocycles. The molecule has 1 aliphatic rings. The van der Waals surface area contributed by atoms with Crippen LogP contribution >= 0.6 is 0 Å². The molecule has 1 saturated heterocycles.